The van der Waals surface area contributed by atoms with Gasteiger partial charge in [0.05, 0.1) is 17.5 Å². The van der Waals surface area contributed by atoms with E-state index in [0.717, 1.165) is 29.7 Å². The van der Waals surface area contributed by atoms with Gasteiger partial charge in [0, 0.05) is 11.8 Å². The Bertz CT molecular complexity index is 821. The van der Waals surface area contributed by atoms with Crippen molar-refractivity contribution in [2.24, 2.45) is 23.7 Å². The number of fused-ring (bicyclic) bond motifs is 5. The van der Waals surface area contributed by atoms with Crippen molar-refractivity contribution < 1.29 is 9.59 Å². The van der Waals surface area contributed by atoms with Crippen molar-refractivity contribution in [1.29, 1.82) is 0 Å². The molecule has 2 saturated carbocycles. The third kappa shape index (κ3) is 1.92. The third-order valence-electron chi connectivity index (χ3n) is 6.64. The predicted octanol–water partition coefficient (Wildman–Crippen LogP) is 4.10. The summed E-state index contributed by atoms with van der Waals surface area (Å²) < 4.78 is 0. The quantitative estimate of drug-likeness (QED) is 0.573. The fourth-order valence-electron chi connectivity index (χ4n) is 5.52. The molecule has 0 spiro atoms. The van der Waals surface area contributed by atoms with Crippen molar-refractivity contribution in [2.75, 3.05) is 4.90 Å². The predicted molar refractivity (Wildman–Crippen MR) is 97.0 cm³/mol. The number of carbonyl (C=O) groups is 2. The second-order valence-corrected chi connectivity index (χ2v) is 8.06. The number of hydrogen-bond donors (Lipinski definition) is 0. The van der Waals surface area contributed by atoms with E-state index in [1.165, 1.54) is 28.9 Å². The molecule has 4 atom stereocenters. The van der Waals surface area contributed by atoms with Crippen LogP contribution in [0.25, 0.3) is 0 Å². The molecule has 2 amide bonds. The Kier molecular flexibility index (Phi) is 3.13. The molecule has 3 nitrogen and oxygen atoms in total. The van der Waals surface area contributed by atoms with Crippen molar-refractivity contribution in [2.45, 2.75) is 39.5 Å². The van der Waals surface area contributed by atoms with Gasteiger partial charge in [-0.05, 0) is 56.7 Å². The molecule has 5 rings (SSSR count). The zero-order chi connectivity index (χ0) is 17.3. The summed E-state index contributed by atoms with van der Waals surface area (Å²) >= 11 is 0. The average molecular weight is 333 g/mol. The Morgan fingerprint density at radius 3 is 2.12 bits per heavy atom. The molecule has 2 bridgehead atoms. The van der Waals surface area contributed by atoms with Gasteiger partial charge < -0.3 is 0 Å². The number of anilines is 1. The van der Waals surface area contributed by atoms with Crippen LogP contribution in [0.15, 0.2) is 41.5 Å². The number of aryl methyl sites for hydroxylation is 2. The van der Waals surface area contributed by atoms with Gasteiger partial charge >= 0.3 is 0 Å². The smallest absolute Gasteiger partial charge is 0.238 e. The molecule has 0 radical (unpaired) electrons. The van der Waals surface area contributed by atoms with Gasteiger partial charge in [0.2, 0.25) is 11.8 Å². The number of amides is 2. The normalized spacial score (nSPS) is 33.1. The molecular formula is C22H23NO2. The monoisotopic (exact) mass is 333 g/mol. The summed E-state index contributed by atoms with van der Waals surface area (Å²) in [6, 6.07) is 5.99. The summed E-state index contributed by atoms with van der Waals surface area (Å²) in [4.78, 5) is 28.0. The van der Waals surface area contributed by atoms with Gasteiger partial charge in [-0.1, -0.05) is 35.4 Å². The molecule has 0 N–H and O–H groups in total. The number of nitrogens with zero attached hydrogens (tertiary/aromatic N) is 1. The van der Waals surface area contributed by atoms with E-state index in [4.69, 9.17) is 0 Å². The highest BCUT2D eigenvalue weighted by Crippen LogP contribution is 2.58. The number of rotatable bonds is 1. The van der Waals surface area contributed by atoms with Crippen LogP contribution < -0.4 is 4.90 Å². The fraction of sp³-hybridized carbons (Fsp3) is 0.455. The summed E-state index contributed by atoms with van der Waals surface area (Å²) in [5.41, 5.74) is 5.80. The van der Waals surface area contributed by atoms with Crippen molar-refractivity contribution in [1.82, 2.24) is 0 Å². The number of imide groups is 1. The minimum atomic E-state index is -0.175. The van der Waals surface area contributed by atoms with E-state index in [-0.39, 0.29) is 35.5 Å². The first kappa shape index (κ1) is 15.1. The summed E-state index contributed by atoms with van der Waals surface area (Å²) in [5.74, 6) is -0.00588. The van der Waals surface area contributed by atoms with Crippen LogP contribution in [0.5, 0.6) is 0 Å². The molecule has 0 aromatic heterocycles. The van der Waals surface area contributed by atoms with Crippen molar-refractivity contribution >= 4 is 17.5 Å². The van der Waals surface area contributed by atoms with E-state index in [0.29, 0.717) is 0 Å². The lowest BCUT2D eigenvalue weighted by molar-refractivity contribution is -0.122. The minimum Gasteiger partial charge on any atom is -0.274 e. The van der Waals surface area contributed by atoms with Gasteiger partial charge in [-0.15, -0.1) is 0 Å². The lowest BCUT2D eigenvalue weighted by Crippen LogP contribution is -2.33. The molecule has 1 heterocycles. The SMILES string of the molecule is Cc1ccc(C)c(N2C(=O)[C@@H]3[C@H](C2=O)[C@@H]2C=C[C@@H]3C2=C2CCCC2)c1. The second kappa shape index (κ2) is 5.17. The maximum absolute atomic E-state index is 13.3. The maximum Gasteiger partial charge on any atom is 0.238 e. The first-order chi connectivity index (χ1) is 12.1. The molecule has 4 aliphatic rings. The van der Waals surface area contributed by atoms with Gasteiger partial charge in [-0.3, -0.25) is 9.59 Å². The third-order valence-corrected chi connectivity index (χ3v) is 6.64. The van der Waals surface area contributed by atoms with Gasteiger partial charge in [-0.2, -0.15) is 0 Å². The standard InChI is InChI=1S/C22H23NO2/c1-12-7-8-13(2)17(11-12)23-21(24)19-15-9-10-16(20(19)22(23)25)18(15)14-5-3-4-6-14/h7-11,15-16,19-20H,3-6H2,1-2H3/t15-,16-,19-,20+/m1/s1. The van der Waals surface area contributed by atoms with Gasteiger partial charge in [0.1, 0.15) is 0 Å². The van der Waals surface area contributed by atoms with Crippen LogP contribution >= 0.6 is 0 Å². The molecular weight excluding hydrogens is 310 g/mol. The molecule has 3 heteroatoms. The molecule has 1 aliphatic heterocycles. The van der Waals surface area contributed by atoms with E-state index >= 15 is 0 Å². The number of benzene rings is 1. The minimum absolute atomic E-state index is 0.0108. The Morgan fingerprint density at radius 1 is 0.920 bits per heavy atom. The Balaban J connectivity index is 1.57. The van der Waals surface area contributed by atoms with Crippen LogP contribution in [0.3, 0.4) is 0 Å². The first-order valence-corrected chi connectivity index (χ1v) is 9.43. The Morgan fingerprint density at radius 2 is 1.52 bits per heavy atom. The zero-order valence-electron chi connectivity index (χ0n) is 14.8. The van der Waals surface area contributed by atoms with E-state index in [2.05, 4.69) is 12.2 Å². The molecule has 3 fully saturated rings. The maximum atomic E-state index is 13.3. The molecule has 25 heavy (non-hydrogen) atoms. The van der Waals surface area contributed by atoms with Crippen molar-refractivity contribution in [3.05, 3.63) is 52.6 Å². The number of hydrogen-bond acceptors (Lipinski definition) is 2. The van der Waals surface area contributed by atoms with E-state index < -0.39 is 0 Å². The molecule has 1 aromatic rings. The second-order valence-electron chi connectivity index (χ2n) is 8.06. The van der Waals surface area contributed by atoms with E-state index in [1.807, 2.05) is 32.0 Å². The molecule has 1 saturated heterocycles. The van der Waals surface area contributed by atoms with Gasteiger partial charge in [-0.25, -0.2) is 4.90 Å². The van der Waals surface area contributed by atoms with Crippen molar-refractivity contribution in [3.63, 3.8) is 0 Å². The van der Waals surface area contributed by atoms with E-state index in [9.17, 15) is 9.59 Å². The lowest BCUT2D eigenvalue weighted by Gasteiger charge is -2.21. The first-order valence-electron chi connectivity index (χ1n) is 9.43. The number of carbonyl (C=O) groups excluding carboxylic acids is 2. The van der Waals surface area contributed by atoms with Crippen LogP contribution in [0.2, 0.25) is 0 Å². The highest BCUT2D eigenvalue weighted by Gasteiger charge is 2.62. The highest BCUT2D eigenvalue weighted by atomic mass is 16.2. The summed E-state index contributed by atoms with van der Waals surface area (Å²) in [5, 5.41) is 0. The van der Waals surface area contributed by atoms with E-state index in [1.54, 1.807) is 0 Å². The summed E-state index contributed by atoms with van der Waals surface area (Å²) in [6.07, 6.45) is 9.22. The molecule has 0 unspecified atom stereocenters. The topological polar surface area (TPSA) is 37.4 Å². The van der Waals surface area contributed by atoms with Crippen LogP contribution in [0, 0.1) is 37.5 Å². The fourth-order valence-corrected chi connectivity index (χ4v) is 5.52. The molecule has 3 aliphatic carbocycles. The largest absolute Gasteiger partial charge is 0.274 e. The van der Waals surface area contributed by atoms with Gasteiger partial charge in [0.25, 0.3) is 0 Å². The summed E-state index contributed by atoms with van der Waals surface area (Å²) in [7, 11) is 0. The van der Waals surface area contributed by atoms with Gasteiger partial charge in [0.15, 0.2) is 0 Å². The molecule has 1 aromatic carbocycles. The lowest BCUT2D eigenvalue weighted by atomic mass is 9.85. The zero-order valence-corrected chi connectivity index (χ0v) is 14.8. The van der Waals surface area contributed by atoms with Crippen LogP contribution in [-0.4, -0.2) is 11.8 Å². The summed E-state index contributed by atoms with van der Waals surface area (Å²) in [6.45, 7) is 3.98. The van der Waals surface area contributed by atoms with Crippen LogP contribution in [0.4, 0.5) is 5.69 Å². The van der Waals surface area contributed by atoms with Crippen LogP contribution in [-0.2, 0) is 9.59 Å². The van der Waals surface area contributed by atoms with Crippen molar-refractivity contribution in [3.8, 4) is 0 Å². The Labute approximate surface area is 148 Å². The number of allylic oxidation sites excluding steroid dienone is 4. The average Bonchev–Trinajstić information content (AvgIpc) is 3.33. The van der Waals surface area contributed by atoms with Crippen LogP contribution in [0.1, 0.15) is 36.8 Å². The molecule has 128 valence electrons. The highest BCUT2D eigenvalue weighted by molar-refractivity contribution is 6.23. The Hall–Kier alpha value is -2.16.